The number of carbonyl (C=O) groups excluding carboxylic acids is 2. The summed E-state index contributed by atoms with van der Waals surface area (Å²) in [6.45, 7) is 4.16. The van der Waals surface area contributed by atoms with Gasteiger partial charge in [-0.3, -0.25) is 9.36 Å². The molecule has 0 bridgehead atoms. The highest BCUT2D eigenvalue weighted by Gasteiger charge is 2.17. The number of aldehydes is 1. The summed E-state index contributed by atoms with van der Waals surface area (Å²) in [6, 6.07) is 10.2. The van der Waals surface area contributed by atoms with E-state index >= 15 is 0 Å². The van der Waals surface area contributed by atoms with Gasteiger partial charge in [0.05, 0.1) is 5.52 Å². The van der Waals surface area contributed by atoms with Crippen LogP contribution in [0.4, 0.5) is 0 Å². The van der Waals surface area contributed by atoms with E-state index in [2.05, 4.69) is 19.1 Å². The molecule has 3 heteroatoms. The first kappa shape index (κ1) is 17.5. The van der Waals surface area contributed by atoms with Crippen molar-refractivity contribution in [1.29, 1.82) is 0 Å². The molecule has 1 aromatic carbocycles. The molecule has 0 saturated carbocycles. The molecule has 0 radical (unpaired) electrons. The predicted molar refractivity (Wildman–Crippen MR) is 94.9 cm³/mol. The number of aryl methyl sites for hydroxylation is 1. The minimum Gasteiger partial charge on any atom is -0.303 e. The molecule has 0 amide bonds. The molecule has 0 aliphatic rings. The van der Waals surface area contributed by atoms with Gasteiger partial charge in [-0.2, -0.15) is 0 Å². The molecule has 2 aromatic rings. The van der Waals surface area contributed by atoms with Gasteiger partial charge in [-0.15, -0.1) is 0 Å². The summed E-state index contributed by atoms with van der Waals surface area (Å²) in [5.74, 6) is 0.195. The van der Waals surface area contributed by atoms with Gasteiger partial charge in [0.15, 0.2) is 0 Å². The van der Waals surface area contributed by atoms with E-state index in [4.69, 9.17) is 0 Å². The Bertz CT molecular complexity index is 657. The normalized spacial score (nSPS) is 12.4. The van der Waals surface area contributed by atoms with Gasteiger partial charge < -0.3 is 4.79 Å². The number of carbonyl (C=O) groups is 2. The van der Waals surface area contributed by atoms with E-state index < -0.39 is 0 Å². The van der Waals surface area contributed by atoms with Crippen LogP contribution < -0.4 is 0 Å². The van der Waals surface area contributed by atoms with Gasteiger partial charge in [0, 0.05) is 23.9 Å². The molecule has 1 aromatic heterocycles. The average molecular weight is 313 g/mol. The van der Waals surface area contributed by atoms with Crippen LogP contribution in [-0.2, 0) is 11.2 Å². The maximum Gasteiger partial charge on any atom is 0.231 e. The third-order valence-electron chi connectivity index (χ3n) is 4.34. The van der Waals surface area contributed by atoms with Crippen LogP contribution in [0.5, 0.6) is 0 Å². The van der Waals surface area contributed by atoms with Crippen molar-refractivity contribution in [2.45, 2.75) is 58.8 Å². The van der Waals surface area contributed by atoms with Crippen LogP contribution in [0.2, 0.25) is 0 Å². The van der Waals surface area contributed by atoms with Gasteiger partial charge >= 0.3 is 0 Å². The molecule has 0 saturated heterocycles. The summed E-state index contributed by atoms with van der Waals surface area (Å²) in [4.78, 5) is 23.4. The Labute approximate surface area is 138 Å². The summed E-state index contributed by atoms with van der Waals surface area (Å²) in [6.07, 6.45) is 7.46. The molecule has 1 heterocycles. The highest BCUT2D eigenvalue weighted by molar-refractivity contribution is 5.94. The lowest BCUT2D eigenvalue weighted by Crippen LogP contribution is -2.17. The SMILES string of the molecule is CCCCCCc1cc2ccccc2n1C(=O)C[C@@H](C)CC=O. The lowest BCUT2D eigenvalue weighted by atomic mass is 10.0. The summed E-state index contributed by atoms with van der Waals surface area (Å²) in [7, 11) is 0. The Morgan fingerprint density at radius 3 is 2.74 bits per heavy atom. The van der Waals surface area contributed by atoms with E-state index in [1.54, 1.807) is 0 Å². The standard InChI is InChI=1S/C20H27NO2/c1-3-4-5-6-10-18-15-17-9-7-8-11-19(17)21(18)20(23)14-16(2)12-13-22/h7-9,11,13,15-16H,3-6,10,12,14H2,1-2H3/t16-/m0/s1. The Hall–Kier alpha value is -1.90. The zero-order valence-electron chi connectivity index (χ0n) is 14.3. The largest absolute Gasteiger partial charge is 0.303 e. The number of para-hydroxylation sites is 1. The average Bonchev–Trinajstić information content (AvgIpc) is 2.90. The molecule has 3 nitrogen and oxygen atoms in total. The number of unbranched alkanes of at least 4 members (excludes halogenated alkanes) is 3. The fourth-order valence-corrected chi connectivity index (χ4v) is 3.06. The number of aromatic nitrogens is 1. The van der Waals surface area contributed by atoms with Crippen molar-refractivity contribution < 1.29 is 9.59 Å². The van der Waals surface area contributed by atoms with Crippen LogP contribution in [0.15, 0.2) is 30.3 Å². The minimum atomic E-state index is 0.0918. The smallest absolute Gasteiger partial charge is 0.231 e. The summed E-state index contributed by atoms with van der Waals surface area (Å²) in [5.41, 5.74) is 2.09. The van der Waals surface area contributed by atoms with Crippen LogP contribution >= 0.6 is 0 Å². The molecule has 23 heavy (non-hydrogen) atoms. The van der Waals surface area contributed by atoms with Crippen LogP contribution in [0, 0.1) is 5.92 Å². The van der Waals surface area contributed by atoms with Crippen LogP contribution in [0.1, 0.15) is 62.9 Å². The number of rotatable bonds is 9. The van der Waals surface area contributed by atoms with Crippen LogP contribution in [-0.4, -0.2) is 16.8 Å². The van der Waals surface area contributed by atoms with E-state index in [9.17, 15) is 9.59 Å². The van der Waals surface area contributed by atoms with Crippen LogP contribution in [0.25, 0.3) is 10.9 Å². The fourth-order valence-electron chi connectivity index (χ4n) is 3.06. The highest BCUT2D eigenvalue weighted by atomic mass is 16.2. The molecule has 0 aliphatic carbocycles. The number of fused-ring (bicyclic) bond motifs is 1. The number of hydrogen-bond donors (Lipinski definition) is 0. The molecule has 0 spiro atoms. The topological polar surface area (TPSA) is 39.1 Å². The first-order valence-corrected chi connectivity index (χ1v) is 8.73. The lowest BCUT2D eigenvalue weighted by Gasteiger charge is -2.12. The zero-order chi connectivity index (χ0) is 16.7. The van der Waals surface area contributed by atoms with Crippen molar-refractivity contribution in [3.63, 3.8) is 0 Å². The molecule has 2 rings (SSSR count). The van der Waals surface area contributed by atoms with Gasteiger partial charge in [-0.1, -0.05) is 51.3 Å². The van der Waals surface area contributed by atoms with E-state index in [1.165, 1.54) is 19.3 Å². The lowest BCUT2D eigenvalue weighted by molar-refractivity contribution is -0.108. The van der Waals surface area contributed by atoms with Crippen molar-refractivity contribution in [3.05, 3.63) is 36.0 Å². The Kier molecular flexibility index (Phi) is 6.57. The second-order valence-electron chi connectivity index (χ2n) is 6.45. The highest BCUT2D eigenvalue weighted by Crippen LogP contribution is 2.23. The molecule has 0 unspecified atom stereocenters. The number of nitrogens with zero attached hydrogens (tertiary/aromatic N) is 1. The number of hydrogen-bond acceptors (Lipinski definition) is 2. The molecule has 0 aliphatic heterocycles. The number of benzene rings is 1. The van der Waals surface area contributed by atoms with Crippen molar-refractivity contribution in [3.8, 4) is 0 Å². The van der Waals surface area contributed by atoms with Crippen LogP contribution in [0.3, 0.4) is 0 Å². The first-order chi connectivity index (χ1) is 11.2. The molecule has 124 valence electrons. The van der Waals surface area contributed by atoms with Gasteiger partial charge in [0.1, 0.15) is 6.29 Å². The summed E-state index contributed by atoms with van der Waals surface area (Å²) >= 11 is 0. The van der Waals surface area contributed by atoms with E-state index in [0.717, 1.165) is 35.7 Å². The van der Waals surface area contributed by atoms with Crippen molar-refractivity contribution in [2.24, 2.45) is 5.92 Å². The van der Waals surface area contributed by atoms with Crippen molar-refractivity contribution in [1.82, 2.24) is 4.57 Å². The van der Waals surface area contributed by atoms with E-state index in [1.807, 2.05) is 29.7 Å². The third kappa shape index (κ3) is 4.54. The van der Waals surface area contributed by atoms with Gasteiger partial charge in [0.2, 0.25) is 5.91 Å². The fraction of sp³-hybridized carbons (Fsp3) is 0.500. The molecular formula is C20H27NO2. The van der Waals surface area contributed by atoms with E-state index in [-0.39, 0.29) is 11.8 Å². The first-order valence-electron chi connectivity index (χ1n) is 8.73. The predicted octanol–water partition coefficient (Wildman–Crippen LogP) is 5.02. The summed E-state index contributed by atoms with van der Waals surface area (Å²) in [5, 5.41) is 1.12. The molecule has 0 fully saturated rings. The molecule has 0 N–H and O–H groups in total. The van der Waals surface area contributed by atoms with Crippen molar-refractivity contribution >= 4 is 23.1 Å². The minimum absolute atomic E-state index is 0.0918. The second kappa shape index (κ2) is 8.66. The maximum atomic E-state index is 12.8. The molecule has 1 atom stereocenters. The third-order valence-corrected chi connectivity index (χ3v) is 4.34. The maximum absolute atomic E-state index is 12.8. The van der Waals surface area contributed by atoms with Gasteiger partial charge in [-0.05, 0) is 30.9 Å². The van der Waals surface area contributed by atoms with Crippen molar-refractivity contribution in [2.75, 3.05) is 0 Å². The summed E-state index contributed by atoms with van der Waals surface area (Å²) < 4.78 is 1.88. The quantitative estimate of drug-likeness (QED) is 0.481. The monoisotopic (exact) mass is 313 g/mol. The Balaban J connectivity index is 2.23. The Morgan fingerprint density at radius 1 is 1.22 bits per heavy atom. The molecular weight excluding hydrogens is 286 g/mol. The van der Waals surface area contributed by atoms with Gasteiger partial charge in [-0.25, -0.2) is 0 Å². The Morgan fingerprint density at radius 2 is 2.00 bits per heavy atom. The zero-order valence-corrected chi connectivity index (χ0v) is 14.3. The van der Waals surface area contributed by atoms with Gasteiger partial charge in [0.25, 0.3) is 0 Å². The van der Waals surface area contributed by atoms with E-state index in [0.29, 0.717) is 12.8 Å². The second-order valence-corrected chi connectivity index (χ2v) is 6.45.